The molecule has 5 nitrogen and oxygen atoms in total. The van der Waals surface area contributed by atoms with Crippen molar-refractivity contribution in [3.63, 3.8) is 0 Å². The number of hydrogen-bond donors (Lipinski definition) is 0. The fourth-order valence-corrected chi connectivity index (χ4v) is 3.14. The van der Waals surface area contributed by atoms with Crippen molar-refractivity contribution in [1.29, 1.82) is 0 Å². The number of rotatable bonds is 8. The van der Waals surface area contributed by atoms with Gasteiger partial charge in [-0.3, -0.25) is 0 Å². The highest BCUT2D eigenvalue weighted by molar-refractivity contribution is 9.10. The molecule has 3 aromatic rings. The fourth-order valence-electron chi connectivity index (χ4n) is 2.77. The molecule has 3 rings (SSSR count). The third-order valence-corrected chi connectivity index (χ3v) is 4.70. The van der Waals surface area contributed by atoms with Crippen LogP contribution in [-0.4, -0.2) is 25.2 Å². The number of benzene rings is 3. The largest absolute Gasteiger partial charge is 0.492 e. The lowest BCUT2D eigenvalue weighted by molar-refractivity contribution is 0.0524. The molecular weight excluding hydrogens is 448 g/mol. The number of esters is 2. The Bertz CT molecular complexity index is 1020. The van der Waals surface area contributed by atoms with Crippen molar-refractivity contribution < 1.29 is 23.8 Å². The zero-order chi connectivity index (χ0) is 21.3. The van der Waals surface area contributed by atoms with Gasteiger partial charge in [0.05, 0.1) is 18.8 Å². The van der Waals surface area contributed by atoms with Gasteiger partial charge < -0.3 is 14.2 Å². The molecular formula is C24H21BrO5. The van der Waals surface area contributed by atoms with E-state index in [1.807, 2.05) is 30.3 Å². The maximum absolute atomic E-state index is 12.8. The SMILES string of the molecule is CCOC(=O)c1cccc(OC(=O)c2cc(Br)ccc2OCCc2ccccc2)c1. The Balaban J connectivity index is 1.71. The summed E-state index contributed by atoms with van der Waals surface area (Å²) in [6.07, 6.45) is 0.715. The average molecular weight is 469 g/mol. The van der Waals surface area contributed by atoms with Crippen molar-refractivity contribution in [1.82, 2.24) is 0 Å². The summed E-state index contributed by atoms with van der Waals surface area (Å²) in [5.74, 6) is -0.365. The van der Waals surface area contributed by atoms with Crippen LogP contribution in [0.3, 0.4) is 0 Å². The first-order valence-electron chi connectivity index (χ1n) is 9.52. The number of hydrogen-bond acceptors (Lipinski definition) is 5. The molecule has 0 atom stereocenters. The highest BCUT2D eigenvalue weighted by Gasteiger charge is 2.17. The lowest BCUT2D eigenvalue weighted by Crippen LogP contribution is -2.13. The lowest BCUT2D eigenvalue weighted by atomic mass is 10.1. The van der Waals surface area contributed by atoms with Crippen molar-refractivity contribution >= 4 is 27.9 Å². The summed E-state index contributed by atoms with van der Waals surface area (Å²) in [7, 11) is 0. The van der Waals surface area contributed by atoms with E-state index in [0.29, 0.717) is 29.9 Å². The Morgan fingerprint density at radius 1 is 0.900 bits per heavy atom. The maximum Gasteiger partial charge on any atom is 0.347 e. The van der Waals surface area contributed by atoms with Crippen LogP contribution in [0.4, 0.5) is 0 Å². The normalized spacial score (nSPS) is 10.3. The van der Waals surface area contributed by atoms with Crippen molar-refractivity contribution in [3.05, 3.63) is 94.0 Å². The molecule has 0 unspecified atom stereocenters. The number of carbonyl (C=O) groups excluding carboxylic acids is 2. The Morgan fingerprint density at radius 2 is 1.70 bits per heavy atom. The van der Waals surface area contributed by atoms with Crippen LogP contribution in [0.15, 0.2) is 77.3 Å². The summed E-state index contributed by atoms with van der Waals surface area (Å²) in [6, 6.07) is 21.5. The summed E-state index contributed by atoms with van der Waals surface area (Å²) in [5, 5.41) is 0. The Hall–Kier alpha value is -3.12. The van der Waals surface area contributed by atoms with Gasteiger partial charge in [0.15, 0.2) is 0 Å². The Kier molecular flexibility index (Phi) is 7.63. The molecule has 0 N–H and O–H groups in total. The van der Waals surface area contributed by atoms with Gasteiger partial charge in [0.25, 0.3) is 0 Å². The van der Waals surface area contributed by atoms with E-state index in [0.717, 1.165) is 10.0 Å². The van der Waals surface area contributed by atoms with Crippen LogP contribution in [0.2, 0.25) is 0 Å². The molecule has 0 heterocycles. The van der Waals surface area contributed by atoms with Crippen molar-refractivity contribution in [2.24, 2.45) is 0 Å². The smallest absolute Gasteiger partial charge is 0.347 e. The Labute approximate surface area is 183 Å². The van der Waals surface area contributed by atoms with Gasteiger partial charge in [-0.25, -0.2) is 9.59 Å². The predicted molar refractivity (Wildman–Crippen MR) is 117 cm³/mol. The number of ether oxygens (including phenoxy) is 3. The molecule has 0 aliphatic rings. The summed E-state index contributed by atoms with van der Waals surface area (Å²) in [4.78, 5) is 24.7. The summed E-state index contributed by atoms with van der Waals surface area (Å²) < 4.78 is 17.0. The van der Waals surface area contributed by atoms with Crippen molar-refractivity contribution in [2.45, 2.75) is 13.3 Å². The van der Waals surface area contributed by atoms with Crippen LogP contribution in [0, 0.1) is 0 Å². The number of halogens is 1. The zero-order valence-electron chi connectivity index (χ0n) is 16.5. The summed E-state index contributed by atoms with van der Waals surface area (Å²) in [5.41, 5.74) is 1.75. The van der Waals surface area contributed by atoms with Crippen LogP contribution in [0.25, 0.3) is 0 Å². The van der Waals surface area contributed by atoms with E-state index in [9.17, 15) is 9.59 Å². The van der Waals surface area contributed by atoms with E-state index in [1.165, 1.54) is 6.07 Å². The van der Waals surface area contributed by atoms with Gasteiger partial charge in [-0.2, -0.15) is 0 Å². The first-order chi connectivity index (χ1) is 14.6. The molecule has 6 heteroatoms. The monoisotopic (exact) mass is 468 g/mol. The minimum absolute atomic E-state index is 0.251. The first-order valence-corrected chi connectivity index (χ1v) is 10.3. The van der Waals surface area contributed by atoms with E-state index in [1.54, 1.807) is 43.3 Å². The fraction of sp³-hybridized carbons (Fsp3) is 0.167. The van der Waals surface area contributed by atoms with Gasteiger partial charge in [-0.15, -0.1) is 0 Å². The van der Waals surface area contributed by atoms with E-state index in [2.05, 4.69) is 15.9 Å². The standard InChI is InChI=1S/C24H21BrO5/c1-2-28-23(26)18-9-6-10-20(15-18)30-24(27)21-16-19(25)11-12-22(21)29-14-13-17-7-4-3-5-8-17/h3-12,15-16H,2,13-14H2,1H3. The van der Waals surface area contributed by atoms with Crippen molar-refractivity contribution in [2.75, 3.05) is 13.2 Å². The second-order valence-electron chi connectivity index (χ2n) is 6.36. The second-order valence-corrected chi connectivity index (χ2v) is 7.28. The quantitative estimate of drug-likeness (QED) is 0.324. The minimum atomic E-state index is -0.577. The molecule has 0 fully saturated rings. The molecule has 0 aromatic heterocycles. The lowest BCUT2D eigenvalue weighted by Gasteiger charge is -2.12. The molecule has 0 aliphatic heterocycles. The van der Waals surface area contributed by atoms with E-state index < -0.39 is 11.9 Å². The topological polar surface area (TPSA) is 61.8 Å². The van der Waals surface area contributed by atoms with Crippen molar-refractivity contribution in [3.8, 4) is 11.5 Å². The first kappa shape index (κ1) is 21.6. The molecule has 3 aromatic carbocycles. The van der Waals surface area contributed by atoms with E-state index >= 15 is 0 Å². The third-order valence-electron chi connectivity index (χ3n) is 4.21. The summed E-state index contributed by atoms with van der Waals surface area (Å²) in [6.45, 7) is 2.42. The van der Waals surface area contributed by atoms with E-state index in [4.69, 9.17) is 14.2 Å². The predicted octanol–water partition coefficient (Wildman–Crippen LogP) is 5.47. The molecule has 30 heavy (non-hydrogen) atoms. The number of carbonyl (C=O) groups is 2. The molecule has 154 valence electrons. The third kappa shape index (κ3) is 5.94. The maximum atomic E-state index is 12.8. The molecule has 0 radical (unpaired) electrons. The van der Waals surface area contributed by atoms with Gasteiger partial charge >= 0.3 is 11.9 Å². The van der Waals surface area contributed by atoms with Crippen LogP contribution in [0.1, 0.15) is 33.2 Å². The average Bonchev–Trinajstić information content (AvgIpc) is 2.76. The molecule has 0 amide bonds. The Morgan fingerprint density at radius 3 is 2.47 bits per heavy atom. The second kappa shape index (κ2) is 10.6. The van der Waals surface area contributed by atoms with Crippen LogP contribution < -0.4 is 9.47 Å². The molecule has 0 bridgehead atoms. The molecule has 0 saturated carbocycles. The minimum Gasteiger partial charge on any atom is -0.492 e. The van der Waals surface area contributed by atoms with Gasteiger partial charge in [0.2, 0.25) is 0 Å². The molecule has 0 spiro atoms. The zero-order valence-corrected chi connectivity index (χ0v) is 18.1. The molecule has 0 saturated heterocycles. The highest BCUT2D eigenvalue weighted by atomic mass is 79.9. The highest BCUT2D eigenvalue weighted by Crippen LogP contribution is 2.26. The van der Waals surface area contributed by atoms with Crippen LogP contribution in [-0.2, 0) is 11.2 Å². The van der Waals surface area contributed by atoms with Gasteiger partial charge in [-0.05, 0) is 48.9 Å². The van der Waals surface area contributed by atoms with Gasteiger partial charge in [-0.1, -0.05) is 52.3 Å². The van der Waals surface area contributed by atoms with Crippen LogP contribution in [0.5, 0.6) is 11.5 Å². The van der Waals surface area contributed by atoms with Crippen LogP contribution >= 0.6 is 15.9 Å². The summed E-state index contributed by atoms with van der Waals surface area (Å²) >= 11 is 3.38. The van der Waals surface area contributed by atoms with E-state index in [-0.39, 0.29) is 12.4 Å². The van der Waals surface area contributed by atoms with Gasteiger partial charge in [0.1, 0.15) is 17.1 Å². The molecule has 0 aliphatic carbocycles. The van der Waals surface area contributed by atoms with Gasteiger partial charge in [0, 0.05) is 10.9 Å².